The van der Waals surface area contributed by atoms with Crippen molar-refractivity contribution in [3.63, 3.8) is 0 Å². The van der Waals surface area contributed by atoms with Crippen LogP contribution in [-0.4, -0.2) is 32.7 Å². The number of urea groups is 1. The molecule has 1 fully saturated rings. The van der Waals surface area contributed by atoms with Crippen molar-refractivity contribution in [3.05, 3.63) is 35.8 Å². The number of carbonyl (C=O) groups excluding carboxylic acids is 1. The summed E-state index contributed by atoms with van der Waals surface area (Å²) >= 11 is 0. The molecule has 7 nitrogen and oxygen atoms in total. The number of H-pyrrole nitrogens is 1. The summed E-state index contributed by atoms with van der Waals surface area (Å²) in [6.07, 6.45) is 8.17. The third kappa shape index (κ3) is 2.91. The summed E-state index contributed by atoms with van der Waals surface area (Å²) in [5, 5.41) is 9.72. The van der Waals surface area contributed by atoms with E-state index in [0.29, 0.717) is 6.54 Å². The number of likely N-dealkylation sites (tertiary alicyclic amines) is 1. The van der Waals surface area contributed by atoms with Crippen molar-refractivity contribution in [2.24, 2.45) is 0 Å². The number of hydrogen-bond donors (Lipinski definition) is 2. The highest BCUT2D eigenvalue weighted by Gasteiger charge is 2.28. The molecule has 2 aromatic heterocycles. The van der Waals surface area contributed by atoms with Crippen molar-refractivity contribution in [1.29, 1.82) is 0 Å². The van der Waals surface area contributed by atoms with Crippen molar-refractivity contribution in [2.75, 3.05) is 6.54 Å². The molecule has 3 heterocycles. The Morgan fingerprint density at radius 3 is 3.19 bits per heavy atom. The standard InChI is InChI=1S/C14H19N5O2/c1-10-12(16-9-21-10)8-15-14(20)19-5-3-2-4-13(19)11-6-17-18-7-11/h6-7,9,13H,2-5,8H2,1H3,(H,15,20)(H,17,18)/t13-/m1/s1. The predicted molar refractivity (Wildman–Crippen MR) is 75.4 cm³/mol. The fourth-order valence-electron chi connectivity index (χ4n) is 2.72. The molecule has 3 rings (SSSR count). The third-order valence-corrected chi connectivity index (χ3v) is 3.92. The van der Waals surface area contributed by atoms with Gasteiger partial charge in [0.1, 0.15) is 11.5 Å². The van der Waals surface area contributed by atoms with Gasteiger partial charge >= 0.3 is 6.03 Å². The maximum Gasteiger partial charge on any atom is 0.318 e. The van der Waals surface area contributed by atoms with Crippen LogP contribution in [0.4, 0.5) is 4.79 Å². The van der Waals surface area contributed by atoms with Crippen molar-refractivity contribution >= 4 is 6.03 Å². The van der Waals surface area contributed by atoms with Crippen LogP contribution in [-0.2, 0) is 6.54 Å². The van der Waals surface area contributed by atoms with Gasteiger partial charge in [-0.2, -0.15) is 5.10 Å². The lowest BCUT2D eigenvalue weighted by molar-refractivity contribution is 0.151. The molecule has 2 aromatic rings. The number of aryl methyl sites for hydroxylation is 1. The van der Waals surface area contributed by atoms with Crippen LogP contribution in [0.1, 0.15) is 42.3 Å². The minimum atomic E-state index is -0.0664. The van der Waals surface area contributed by atoms with Crippen LogP contribution in [0.15, 0.2) is 23.2 Å². The number of aromatic amines is 1. The average molecular weight is 289 g/mol. The first-order chi connectivity index (χ1) is 10.3. The molecule has 0 bridgehead atoms. The number of oxazole rings is 1. The predicted octanol–water partition coefficient (Wildman–Crippen LogP) is 2.14. The molecule has 1 atom stereocenters. The molecule has 1 aliphatic heterocycles. The zero-order valence-electron chi connectivity index (χ0n) is 12.0. The van der Waals surface area contributed by atoms with Crippen LogP contribution in [0.2, 0.25) is 0 Å². The summed E-state index contributed by atoms with van der Waals surface area (Å²) in [7, 11) is 0. The molecule has 2 N–H and O–H groups in total. The molecule has 1 saturated heterocycles. The maximum atomic E-state index is 12.4. The van der Waals surface area contributed by atoms with Gasteiger partial charge in [-0.05, 0) is 26.2 Å². The van der Waals surface area contributed by atoms with E-state index in [9.17, 15) is 4.79 Å². The van der Waals surface area contributed by atoms with E-state index in [1.54, 1.807) is 6.20 Å². The molecule has 0 spiro atoms. The highest BCUT2D eigenvalue weighted by molar-refractivity contribution is 5.74. The van der Waals surface area contributed by atoms with Gasteiger partial charge in [0.25, 0.3) is 0 Å². The molecule has 1 aliphatic rings. The number of nitrogens with one attached hydrogen (secondary N) is 2. The van der Waals surface area contributed by atoms with E-state index in [4.69, 9.17) is 4.42 Å². The average Bonchev–Trinajstić information content (AvgIpc) is 3.16. The molecule has 21 heavy (non-hydrogen) atoms. The van der Waals surface area contributed by atoms with Gasteiger partial charge in [-0.1, -0.05) is 0 Å². The summed E-state index contributed by atoms with van der Waals surface area (Å²) < 4.78 is 5.13. The van der Waals surface area contributed by atoms with Crippen LogP contribution in [0.5, 0.6) is 0 Å². The van der Waals surface area contributed by atoms with Gasteiger partial charge in [0.05, 0.1) is 18.8 Å². The normalized spacial score (nSPS) is 18.7. The van der Waals surface area contributed by atoms with Gasteiger partial charge < -0.3 is 14.6 Å². The molecule has 112 valence electrons. The number of rotatable bonds is 3. The number of piperidine rings is 1. The molecule has 0 aromatic carbocycles. The van der Waals surface area contributed by atoms with Gasteiger partial charge in [-0.15, -0.1) is 0 Å². The van der Waals surface area contributed by atoms with E-state index in [1.165, 1.54) is 6.39 Å². The second-order valence-corrected chi connectivity index (χ2v) is 5.25. The minimum absolute atomic E-state index is 0.0664. The number of nitrogens with zero attached hydrogens (tertiary/aromatic N) is 3. The quantitative estimate of drug-likeness (QED) is 0.906. The van der Waals surface area contributed by atoms with Crippen molar-refractivity contribution in [1.82, 2.24) is 25.4 Å². The minimum Gasteiger partial charge on any atom is -0.448 e. The number of amides is 2. The first-order valence-corrected chi connectivity index (χ1v) is 7.18. The first kappa shape index (κ1) is 13.7. The van der Waals surface area contributed by atoms with E-state index in [2.05, 4.69) is 20.5 Å². The largest absolute Gasteiger partial charge is 0.448 e. The molecule has 0 unspecified atom stereocenters. The monoisotopic (exact) mass is 289 g/mol. The summed E-state index contributed by atoms with van der Waals surface area (Å²) in [6, 6.07) is 0.0270. The number of hydrogen-bond acceptors (Lipinski definition) is 4. The fraction of sp³-hybridized carbons (Fsp3) is 0.500. The Hall–Kier alpha value is -2.31. The Morgan fingerprint density at radius 1 is 1.57 bits per heavy atom. The first-order valence-electron chi connectivity index (χ1n) is 7.18. The van der Waals surface area contributed by atoms with Crippen LogP contribution >= 0.6 is 0 Å². The number of carbonyl (C=O) groups is 1. The Kier molecular flexibility index (Phi) is 3.89. The van der Waals surface area contributed by atoms with Crippen LogP contribution in [0.25, 0.3) is 0 Å². The van der Waals surface area contributed by atoms with Crippen molar-refractivity contribution in [3.8, 4) is 0 Å². The highest BCUT2D eigenvalue weighted by Crippen LogP contribution is 2.30. The lowest BCUT2D eigenvalue weighted by Crippen LogP contribution is -2.44. The molecule has 2 amide bonds. The molecular weight excluding hydrogens is 270 g/mol. The molecule has 7 heteroatoms. The molecule has 0 aliphatic carbocycles. The lowest BCUT2D eigenvalue weighted by Gasteiger charge is -2.35. The number of aromatic nitrogens is 3. The van der Waals surface area contributed by atoms with Gasteiger partial charge in [-0.25, -0.2) is 9.78 Å². The second kappa shape index (κ2) is 5.99. The van der Waals surface area contributed by atoms with Gasteiger partial charge in [0, 0.05) is 18.3 Å². The van der Waals surface area contributed by atoms with E-state index < -0.39 is 0 Å². The Labute approximate surface area is 122 Å². The highest BCUT2D eigenvalue weighted by atomic mass is 16.3. The topological polar surface area (TPSA) is 87.1 Å². The lowest BCUT2D eigenvalue weighted by atomic mass is 9.98. The van der Waals surface area contributed by atoms with E-state index in [1.807, 2.05) is 18.0 Å². The molecule has 0 radical (unpaired) electrons. The molecular formula is C14H19N5O2. The van der Waals surface area contributed by atoms with Gasteiger partial charge in [0.2, 0.25) is 0 Å². The van der Waals surface area contributed by atoms with E-state index >= 15 is 0 Å². The zero-order valence-corrected chi connectivity index (χ0v) is 12.0. The Bertz CT molecular complexity index is 592. The van der Waals surface area contributed by atoms with Gasteiger partial charge in [-0.3, -0.25) is 5.10 Å². The summed E-state index contributed by atoms with van der Waals surface area (Å²) in [4.78, 5) is 18.4. The Balaban J connectivity index is 1.65. The third-order valence-electron chi connectivity index (χ3n) is 3.92. The van der Waals surface area contributed by atoms with Crippen molar-refractivity contribution in [2.45, 2.75) is 38.8 Å². The maximum absolute atomic E-state index is 12.4. The summed E-state index contributed by atoms with van der Waals surface area (Å²) in [6.45, 7) is 2.99. The summed E-state index contributed by atoms with van der Waals surface area (Å²) in [5.74, 6) is 0.736. The SMILES string of the molecule is Cc1ocnc1CNC(=O)N1CCCC[C@@H]1c1cn[nH]c1. The smallest absolute Gasteiger partial charge is 0.318 e. The second-order valence-electron chi connectivity index (χ2n) is 5.25. The molecule has 0 saturated carbocycles. The fourth-order valence-corrected chi connectivity index (χ4v) is 2.72. The van der Waals surface area contributed by atoms with Gasteiger partial charge in [0.15, 0.2) is 6.39 Å². The van der Waals surface area contributed by atoms with Crippen LogP contribution in [0.3, 0.4) is 0 Å². The van der Waals surface area contributed by atoms with Crippen LogP contribution in [0, 0.1) is 6.92 Å². The van der Waals surface area contributed by atoms with E-state index in [0.717, 1.165) is 42.8 Å². The van der Waals surface area contributed by atoms with Crippen LogP contribution < -0.4 is 5.32 Å². The van der Waals surface area contributed by atoms with Crippen molar-refractivity contribution < 1.29 is 9.21 Å². The van der Waals surface area contributed by atoms with E-state index in [-0.39, 0.29) is 12.1 Å². The Morgan fingerprint density at radius 2 is 2.48 bits per heavy atom. The zero-order chi connectivity index (χ0) is 14.7. The summed E-state index contributed by atoms with van der Waals surface area (Å²) in [5.41, 5.74) is 1.82.